The predicted octanol–water partition coefficient (Wildman–Crippen LogP) is -1.00. The molecule has 1 aromatic heterocycles. The highest BCUT2D eigenvalue weighted by atomic mass is 32.2. The minimum atomic E-state index is -3.97. The maximum absolute atomic E-state index is 11.6. The molecule has 0 aliphatic heterocycles. The van der Waals surface area contributed by atoms with Gasteiger partial charge in [0.05, 0.1) is 5.51 Å². The predicted molar refractivity (Wildman–Crippen MR) is 58.1 cm³/mol. The lowest BCUT2D eigenvalue weighted by Gasteiger charge is -2.03. The van der Waals surface area contributed by atoms with Crippen LogP contribution in [0.3, 0.4) is 0 Å². The van der Waals surface area contributed by atoms with E-state index in [0.717, 1.165) is 5.51 Å². The van der Waals surface area contributed by atoms with E-state index >= 15 is 0 Å². The third-order valence-corrected chi connectivity index (χ3v) is 4.48. The average Bonchev–Trinajstić information content (AvgIpc) is 2.65. The fourth-order valence-corrected chi connectivity index (χ4v) is 3.16. The summed E-state index contributed by atoms with van der Waals surface area (Å²) in [6.07, 6.45) is -0.166. The Bertz CT molecular complexity index is 535. The summed E-state index contributed by atoms with van der Waals surface area (Å²) in [5, 5.41) is 8.71. The molecule has 0 saturated carbocycles. The second-order valence-corrected chi connectivity index (χ2v) is 5.72. The zero-order valence-corrected chi connectivity index (χ0v) is 10.0. The van der Waals surface area contributed by atoms with E-state index in [-0.39, 0.29) is 13.0 Å². The number of nitrogens with two attached hydrogens (primary N) is 1. The van der Waals surface area contributed by atoms with Crippen LogP contribution >= 0.6 is 11.3 Å². The molecule has 1 heterocycles. The van der Waals surface area contributed by atoms with Crippen molar-refractivity contribution >= 4 is 33.2 Å². The van der Waals surface area contributed by atoms with Crippen molar-refractivity contribution in [1.82, 2.24) is 9.71 Å². The fourth-order valence-electron chi connectivity index (χ4n) is 0.943. The van der Waals surface area contributed by atoms with Crippen molar-refractivity contribution in [1.29, 1.82) is 0 Å². The van der Waals surface area contributed by atoms with Gasteiger partial charge in [-0.25, -0.2) is 22.9 Å². The Kier molecular flexibility index (Phi) is 4.15. The monoisotopic (exact) mass is 279 g/mol. The number of sulfonamides is 1. The Labute approximate surface area is 101 Å². The van der Waals surface area contributed by atoms with Gasteiger partial charge in [-0.2, -0.15) is 0 Å². The van der Waals surface area contributed by atoms with Crippen molar-refractivity contribution in [3.8, 4) is 0 Å². The van der Waals surface area contributed by atoms with E-state index in [4.69, 9.17) is 10.8 Å². The molecule has 1 rings (SSSR count). The number of nitrogens with zero attached hydrogens (tertiary/aromatic N) is 1. The van der Waals surface area contributed by atoms with Crippen LogP contribution in [-0.4, -0.2) is 36.9 Å². The summed E-state index contributed by atoms with van der Waals surface area (Å²) in [6.45, 7) is -0.186. The largest absolute Gasteiger partial charge is 0.476 e. The summed E-state index contributed by atoms with van der Waals surface area (Å²) in [6, 6.07) is 0. The highest BCUT2D eigenvalue weighted by Crippen LogP contribution is 2.19. The molecule has 0 spiro atoms. The van der Waals surface area contributed by atoms with E-state index in [1.54, 1.807) is 0 Å². The zero-order chi connectivity index (χ0) is 13.1. The van der Waals surface area contributed by atoms with Gasteiger partial charge in [0.1, 0.15) is 0 Å². The van der Waals surface area contributed by atoms with Gasteiger partial charge in [-0.05, 0) is 0 Å². The summed E-state index contributed by atoms with van der Waals surface area (Å²) in [4.78, 5) is 24.6. The minimum Gasteiger partial charge on any atom is -0.476 e. The van der Waals surface area contributed by atoms with Gasteiger partial charge in [-0.3, -0.25) is 4.79 Å². The summed E-state index contributed by atoms with van der Waals surface area (Å²) in [5.74, 6) is -2.09. The van der Waals surface area contributed by atoms with E-state index in [1.807, 2.05) is 0 Å². The lowest BCUT2D eigenvalue weighted by Crippen LogP contribution is -2.28. The maximum Gasteiger partial charge on any atom is 0.356 e. The van der Waals surface area contributed by atoms with Crippen molar-refractivity contribution in [3.63, 3.8) is 0 Å². The topological polar surface area (TPSA) is 139 Å². The number of amides is 1. The Balaban J connectivity index is 2.86. The molecule has 0 aliphatic rings. The van der Waals surface area contributed by atoms with Gasteiger partial charge in [-0.15, -0.1) is 11.3 Å². The molecule has 94 valence electrons. The molecular formula is C7H9N3O5S2. The van der Waals surface area contributed by atoms with Crippen molar-refractivity contribution in [2.45, 2.75) is 10.6 Å². The summed E-state index contributed by atoms with van der Waals surface area (Å²) in [7, 11) is -3.97. The number of aromatic carboxylic acids is 1. The Morgan fingerprint density at radius 2 is 2.18 bits per heavy atom. The van der Waals surface area contributed by atoms with Crippen LogP contribution in [0.25, 0.3) is 0 Å². The van der Waals surface area contributed by atoms with E-state index in [0.29, 0.717) is 11.3 Å². The second kappa shape index (κ2) is 5.21. The van der Waals surface area contributed by atoms with Crippen molar-refractivity contribution < 1.29 is 23.1 Å². The third-order valence-electron chi connectivity index (χ3n) is 1.65. The van der Waals surface area contributed by atoms with Gasteiger partial charge in [0.25, 0.3) is 10.0 Å². The standard InChI is InChI=1S/C7H9N3O5S2/c8-4(11)1-2-10-17(14,15)7-5(6(12)13)9-3-16-7/h3,10H,1-2H2,(H2,8,11)(H,12,13). The number of thiazole rings is 1. The summed E-state index contributed by atoms with van der Waals surface area (Å²) < 4.78 is 25.0. The van der Waals surface area contributed by atoms with Crippen LogP contribution in [0.1, 0.15) is 16.9 Å². The van der Waals surface area contributed by atoms with Crippen LogP contribution in [0.4, 0.5) is 0 Å². The van der Waals surface area contributed by atoms with Crippen LogP contribution in [0.2, 0.25) is 0 Å². The molecule has 17 heavy (non-hydrogen) atoms. The SMILES string of the molecule is NC(=O)CCNS(=O)(=O)c1scnc1C(=O)O. The number of hydrogen-bond donors (Lipinski definition) is 3. The second-order valence-electron chi connectivity index (χ2n) is 2.91. The summed E-state index contributed by atoms with van der Waals surface area (Å²) >= 11 is 0.685. The van der Waals surface area contributed by atoms with Crippen molar-refractivity contribution in [2.75, 3.05) is 6.54 Å². The van der Waals surface area contributed by atoms with Gasteiger partial charge in [0.15, 0.2) is 9.90 Å². The molecule has 0 bridgehead atoms. The number of carboxylic acids is 1. The van der Waals surface area contributed by atoms with Crippen molar-refractivity contribution in [2.24, 2.45) is 5.73 Å². The smallest absolute Gasteiger partial charge is 0.356 e. The average molecular weight is 279 g/mol. The lowest BCUT2D eigenvalue weighted by atomic mass is 10.4. The number of carboxylic acid groups (broad SMARTS) is 1. The molecule has 0 atom stereocenters. The molecule has 0 fully saturated rings. The number of nitrogens with one attached hydrogen (secondary N) is 1. The van der Waals surface area contributed by atoms with E-state index in [2.05, 4.69) is 9.71 Å². The molecule has 0 aliphatic carbocycles. The highest BCUT2D eigenvalue weighted by Gasteiger charge is 2.25. The molecule has 1 amide bonds. The molecule has 0 aromatic carbocycles. The Hall–Kier alpha value is -1.52. The highest BCUT2D eigenvalue weighted by molar-refractivity contribution is 7.91. The maximum atomic E-state index is 11.6. The molecule has 0 unspecified atom stereocenters. The van der Waals surface area contributed by atoms with Crippen LogP contribution in [-0.2, 0) is 14.8 Å². The van der Waals surface area contributed by atoms with Crippen LogP contribution in [0, 0.1) is 0 Å². The van der Waals surface area contributed by atoms with Gasteiger partial charge >= 0.3 is 5.97 Å². The van der Waals surface area contributed by atoms with E-state index in [1.165, 1.54) is 0 Å². The quantitative estimate of drug-likeness (QED) is 0.610. The fraction of sp³-hybridized carbons (Fsp3) is 0.286. The minimum absolute atomic E-state index is 0.166. The Morgan fingerprint density at radius 3 is 2.71 bits per heavy atom. The number of carbonyl (C=O) groups excluding carboxylic acids is 1. The van der Waals surface area contributed by atoms with Crippen LogP contribution in [0.15, 0.2) is 9.72 Å². The molecule has 8 nitrogen and oxygen atoms in total. The first kappa shape index (κ1) is 13.5. The van der Waals surface area contributed by atoms with E-state index < -0.39 is 31.8 Å². The van der Waals surface area contributed by atoms with E-state index in [9.17, 15) is 18.0 Å². The Morgan fingerprint density at radius 1 is 1.53 bits per heavy atom. The molecular weight excluding hydrogens is 270 g/mol. The number of carbonyl (C=O) groups is 2. The first-order chi connectivity index (χ1) is 7.84. The van der Waals surface area contributed by atoms with Crippen LogP contribution in [0.5, 0.6) is 0 Å². The molecule has 10 heteroatoms. The van der Waals surface area contributed by atoms with Gasteiger partial charge in [-0.1, -0.05) is 0 Å². The normalized spacial score (nSPS) is 11.3. The van der Waals surface area contributed by atoms with Gasteiger partial charge in [0.2, 0.25) is 5.91 Å². The third kappa shape index (κ3) is 3.47. The summed E-state index contributed by atoms with van der Waals surface area (Å²) in [5.41, 5.74) is 5.42. The van der Waals surface area contributed by atoms with Crippen molar-refractivity contribution in [3.05, 3.63) is 11.2 Å². The number of hydrogen-bond acceptors (Lipinski definition) is 6. The molecule has 0 saturated heterocycles. The molecule has 0 radical (unpaired) electrons. The van der Waals surface area contributed by atoms with Crippen LogP contribution < -0.4 is 10.5 Å². The van der Waals surface area contributed by atoms with Gasteiger partial charge < -0.3 is 10.8 Å². The molecule has 4 N–H and O–H groups in total. The number of primary amides is 1. The number of rotatable bonds is 6. The lowest BCUT2D eigenvalue weighted by molar-refractivity contribution is -0.117. The number of aromatic nitrogens is 1. The molecule has 1 aromatic rings. The first-order valence-corrected chi connectivity index (χ1v) is 6.65. The zero-order valence-electron chi connectivity index (χ0n) is 8.41. The first-order valence-electron chi connectivity index (χ1n) is 4.29. The van der Waals surface area contributed by atoms with Gasteiger partial charge in [0, 0.05) is 13.0 Å².